The van der Waals surface area contributed by atoms with Crippen molar-refractivity contribution in [1.29, 1.82) is 0 Å². The normalized spacial score (nSPS) is 13.8. The predicted molar refractivity (Wildman–Crippen MR) is 94.7 cm³/mol. The molecule has 1 aliphatic rings. The van der Waals surface area contributed by atoms with Crippen LogP contribution >= 0.6 is 0 Å². The van der Waals surface area contributed by atoms with E-state index in [0.29, 0.717) is 12.1 Å². The summed E-state index contributed by atoms with van der Waals surface area (Å²) in [6.07, 6.45) is 1.95. The lowest BCUT2D eigenvalue weighted by atomic mass is 10.1. The molecule has 1 heterocycles. The van der Waals surface area contributed by atoms with Gasteiger partial charge in [-0.3, -0.25) is 4.79 Å². The highest BCUT2D eigenvalue weighted by Crippen LogP contribution is 2.30. The third kappa shape index (κ3) is 3.66. The molecule has 2 aromatic carbocycles. The van der Waals surface area contributed by atoms with Crippen LogP contribution in [0.4, 0.5) is 5.69 Å². The smallest absolute Gasteiger partial charge is 0.258 e. The Bertz CT molecular complexity index is 891. The molecule has 0 aromatic heterocycles. The van der Waals surface area contributed by atoms with Gasteiger partial charge in [0.15, 0.2) is 0 Å². The average Bonchev–Trinajstić information content (AvgIpc) is 2.94. The van der Waals surface area contributed by atoms with E-state index in [1.807, 2.05) is 49.4 Å². The number of sulfonamides is 1. The van der Waals surface area contributed by atoms with Crippen LogP contribution in [0, 0.1) is 6.92 Å². The molecule has 2 aromatic rings. The van der Waals surface area contributed by atoms with Gasteiger partial charge < -0.3 is 4.90 Å². The van der Waals surface area contributed by atoms with E-state index in [-0.39, 0.29) is 12.5 Å². The van der Waals surface area contributed by atoms with Gasteiger partial charge in [-0.1, -0.05) is 29.8 Å². The highest BCUT2D eigenvalue weighted by atomic mass is 32.2. The molecular weight excluding hydrogens is 324 g/mol. The average molecular weight is 344 g/mol. The Morgan fingerprint density at radius 3 is 2.71 bits per heavy atom. The largest absolute Gasteiger partial charge is 0.308 e. The SMILES string of the molecule is Cc1cccc(C(=O)N2CCc3ccc(CNS(C)(=O)=O)cc32)c1. The van der Waals surface area contributed by atoms with Crippen LogP contribution in [-0.4, -0.2) is 27.1 Å². The van der Waals surface area contributed by atoms with Gasteiger partial charge in [0.2, 0.25) is 10.0 Å². The number of carbonyl (C=O) groups excluding carboxylic acids is 1. The molecule has 24 heavy (non-hydrogen) atoms. The number of nitrogens with one attached hydrogen (secondary N) is 1. The first-order chi connectivity index (χ1) is 11.3. The monoisotopic (exact) mass is 344 g/mol. The lowest BCUT2D eigenvalue weighted by molar-refractivity contribution is 0.0989. The third-order valence-electron chi connectivity index (χ3n) is 4.09. The van der Waals surface area contributed by atoms with Gasteiger partial charge in [-0.25, -0.2) is 13.1 Å². The number of nitrogens with zero attached hydrogens (tertiary/aromatic N) is 1. The first-order valence-electron chi connectivity index (χ1n) is 7.78. The van der Waals surface area contributed by atoms with E-state index < -0.39 is 10.0 Å². The summed E-state index contributed by atoms with van der Waals surface area (Å²) in [4.78, 5) is 14.6. The number of carbonyl (C=O) groups is 1. The molecule has 0 saturated carbocycles. The van der Waals surface area contributed by atoms with E-state index in [0.717, 1.165) is 35.1 Å². The van der Waals surface area contributed by atoms with Crippen LogP contribution in [0.1, 0.15) is 27.0 Å². The zero-order valence-corrected chi connectivity index (χ0v) is 14.6. The van der Waals surface area contributed by atoms with Crippen molar-refractivity contribution >= 4 is 21.6 Å². The van der Waals surface area contributed by atoms with Gasteiger partial charge in [0.1, 0.15) is 0 Å². The number of anilines is 1. The van der Waals surface area contributed by atoms with Crippen LogP contribution in [0.5, 0.6) is 0 Å². The van der Waals surface area contributed by atoms with E-state index >= 15 is 0 Å². The number of hydrogen-bond acceptors (Lipinski definition) is 3. The summed E-state index contributed by atoms with van der Waals surface area (Å²) in [5.41, 5.74) is 4.53. The Morgan fingerprint density at radius 1 is 1.21 bits per heavy atom. The molecule has 0 unspecified atom stereocenters. The van der Waals surface area contributed by atoms with Crippen LogP contribution in [0.15, 0.2) is 42.5 Å². The van der Waals surface area contributed by atoms with Gasteiger partial charge in [-0.05, 0) is 42.7 Å². The fourth-order valence-corrected chi connectivity index (χ4v) is 3.32. The molecule has 6 heteroatoms. The van der Waals surface area contributed by atoms with Crippen molar-refractivity contribution in [2.75, 3.05) is 17.7 Å². The topological polar surface area (TPSA) is 66.5 Å². The van der Waals surface area contributed by atoms with Crippen LogP contribution in [0.25, 0.3) is 0 Å². The number of aryl methyl sites for hydroxylation is 1. The van der Waals surface area contributed by atoms with Crippen LogP contribution in [-0.2, 0) is 23.0 Å². The summed E-state index contributed by atoms with van der Waals surface area (Å²) in [7, 11) is -3.24. The summed E-state index contributed by atoms with van der Waals surface area (Å²) in [5.74, 6) is -0.0225. The minimum absolute atomic E-state index is 0.0225. The van der Waals surface area contributed by atoms with Crippen LogP contribution < -0.4 is 9.62 Å². The highest BCUT2D eigenvalue weighted by Gasteiger charge is 2.25. The molecule has 0 saturated heterocycles. The maximum atomic E-state index is 12.8. The van der Waals surface area contributed by atoms with Gasteiger partial charge in [0.25, 0.3) is 5.91 Å². The zero-order chi connectivity index (χ0) is 17.3. The Labute approximate surface area is 142 Å². The van der Waals surface area contributed by atoms with E-state index in [9.17, 15) is 13.2 Å². The first-order valence-corrected chi connectivity index (χ1v) is 9.67. The predicted octanol–water partition coefficient (Wildman–Crippen LogP) is 2.25. The van der Waals surface area contributed by atoms with Crippen molar-refractivity contribution in [2.24, 2.45) is 0 Å². The Morgan fingerprint density at radius 2 is 2.00 bits per heavy atom. The van der Waals surface area contributed by atoms with E-state index in [4.69, 9.17) is 0 Å². The van der Waals surface area contributed by atoms with E-state index in [2.05, 4.69) is 4.72 Å². The zero-order valence-electron chi connectivity index (χ0n) is 13.7. The second-order valence-electron chi connectivity index (χ2n) is 6.13. The van der Waals surface area contributed by atoms with Crippen molar-refractivity contribution in [1.82, 2.24) is 4.72 Å². The summed E-state index contributed by atoms with van der Waals surface area (Å²) in [6, 6.07) is 13.3. The Hall–Kier alpha value is -2.18. The van der Waals surface area contributed by atoms with Crippen molar-refractivity contribution in [3.05, 3.63) is 64.7 Å². The van der Waals surface area contributed by atoms with Gasteiger partial charge in [-0.2, -0.15) is 0 Å². The van der Waals surface area contributed by atoms with Crippen LogP contribution in [0.3, 0.4) is 0 Å². The second-order valence-corrected chi connectivity index (χ2v) is 7.97. The van der Waals surface area contributed by atoms with Gasteiger partial charge in [-0.15, -0.1) is 0 Å². The minimum Gasteiger partial charge on any atom is -0.308 e. The summed E-state index contributed by atoms with van der Waals surface area (Å²) >= 11 is 0. The Balaban J connectivity index is 1.86. The van der Waals surface area contributed by atoms with Gasteiger partial charge >= 0.3 is 0 Å². The number of hydrogen-bond donors (Lipinski definition) is 1. The summed E-state index contributed by atoms with van der Waals surface area (Å²) < 4.78 is 25.0. The van der Waals surface area contributed by atoms with Crippen LogP contribution in [0.2, 0.25) is 0 Å². The molecule has 1 amide bonds. The third-order valence-corrected chi connectivity index (χ3v) is 4.76. The van der Waals surface area contributed by atoms with E-state index in [1.165, 1.54) is 0 Å². The van der Waals surface area contributed by atoms with Gasteiger partial charge in [0.05, 0.1) is 6.26 Å². The molecule has 3 rings (SSSR count). The highest BCUT2D eigenvalue weighted by molar-refractivity contribution is 7.88. The standard InChI is InChI=1S/C18H20N2O3S/c1-13-4-3-5-16(10-13)18(21)20-9-8-15-7-6-14(11-17(15)20)12-19-24(2,22)23/h3-7,10-11,19H,8-9,12H2,1-2H3. The van der Waals surface area contributed by atoms with Crippen molar-refractivity contribution in [3.63, 3.8) is 0 Å². The fourth-order valence-electron chi connectivity index (χ4n) is 2.89. The molecule has 0 aliphatic carbocycles. The molecule has 0 atom stereocenters. The van der Waals surface area contributed by atoms with Crippen molar-refractivity contribution < 1.29 is 13.2 Å². The molecule has 0 spiro atoms. The molecule has 126 valence electrons. The quantitative estimate of drug-likeness (QED) is 0.925. The summed E-state index contributed by atoms with van der Waals surface area (Å²) in [6.45, 7) is 2.83. The van der Waals surface area contributed by atoms with Crippen molar-refractivity contribution in [2.45, 2.75) is 19.9 Å². The maximum Gasteiger partial charge on any atom is 0.258 e. The molecule has 0 radical (unpaired) electrons. The number of amides is 1. The maximum absolute atomic E-state index is 12.8. The fraction of sp³-hybridized carbons (Fsp3) is 0.278. The van der Waals surface area contributed by atoms with Gasteiger partial charge in [0, 0.05) is 24.3 Å². The number of rotatable bonds is 4. The number of benzene rings is 2. The number of fused-ring (bicyclic) bond motifs is 1. The second kappa shape index (κ2) is 6.37. The molecule has 1 aliphatic heterocycles. The molecular formula is C18H20N2O3S. The Kier molecular flexibility index (Phi) is 4.43. The molecule has 5 nitrogen and oxygen atoms in total. The minimum atomic E-state index is -3.24. The molecule has 0 fully saturated rings. The molecule has 1 N–H and O–H groups in total. The summed E-state index contributed by atoms with van der Waals surface area (Å²) in [5, 5.41) is 0. The first kappa shape index (κ1) is 16.7. The lowest BCUT2D eigenvalue weighted by Gasteiger charge is -2.18. The van der Waals surface area contributed by atoms with Crippen molar-refractivity contribution in [3.8, 4) is 0 Å². The lowest BCUT2D eigenvalue weighted by Crippen LogP contribution is -2.29. The molecule has 0 bridgehead atoms. The van der Waals surface area contributed by atoms with E-state index in [1.54, 1.807) is 4.90 Å².